The summed E-state index contributed by atoms with van der Waals surface area (Å²) >= 11 is 0. The van der Waals surface area contributed by atoms with Gasteiger partial charge in [-0.3, -0.25) is 0 Å². The summed E-state index contributed by atoms with van der Waals surface area (Å²) in [5.74, 6) is -2.51. The Morgan fingerprint density at radius 2 is 1.88 bits per heavy atom. The first-order chi connectivity index (χ1) is 8.09. The Morgan fingerprint density at radius 1 is 1.24 bits per heavy atom. The van der Waals surface area contributed by atoms with E-state index in [-0.39, 0.29) is 0 Å². The van der Waals surface area contributed by atoms with Crippen LogP contribution in [0, 0.1) is 0 Å². The molecule has 0 fully saturated rings. The van der Waals surface area contributed by atoms with Gasteiger partial charge in [-0.25, -0.2) is 19.6 Å². The van der Waals surface area contributed by atoms with Crippen LogP contribution in [0.4, 0.5) is 0 Å². The highest BCUT2D eigenvalue weighted by Crippen LogP contribution is 2.03. The van der Waals surface area contributed by atoms with E-state index in [4.69, 9.17) is 10.2 Å². The summed E-state index contributed by atoms with van der Waals surface area (Å²) in [4.78, 5) is 29.9. The van der Waals surface area contributed by atoms with Gasteiger partial charge < -0.3 is 15.2 Å². The number of carboxylic acids is 2. The molecule has 0 unspecified atom stereocenters. The van der Waals surface area contributed by atoms with Gasteiger partial charge >= 0.3 is 11.9 Å². The second kappa shape index (κ2) is 6.01. The quantitative estimate of drug-likeness (QED) is 0.658. The maximum atomic E-state index is 9.55. The van der Waals surface area contributed by atoms with E-state index in [1.54, 1.807) is 6.20 Å². The first kappa shape index (κ1) is 12.4. The van der Waals surface area contributed by atoms with Crippen LogP contribution in [0.3, 0.4) is 0 Å². The molecule has 0 saturated heterocycles. The first-order valence-electron chi connectivity index (χ1n) is 4.46. The number of aromatic amines is 1. The number of nitrogens with zero attached hydrogens (tertiary/aromatic N) is 2. The molecule has 0 aliphatic rings. The third-order valence-electron chi connectivity index (χ3n) is 1.59. The monoisotopic (exact) mass is 235 g/mol. The van der Waals surface area contributed by atoms with E-state index in [0.29, 0.717) is 12.2 Å². The minimum atomic E-state index is -1.26. The van der Waals surface area contributed by atoms with Crippen molar-refractivity contribution >= 4 is 23.0 Å². The minimum Gasteiger partial charge on any atom is -0.478 e. The minimum absolute atomic E-state index is 0.558. The van der Waals surface area contributed by atoms with E-state index in [1.807, 2.05) is 12.3 Å². The summed E-state index contributed by atoms with van der Waals surface area (Å²) < 4.78 is 0. The topological polar surface area (TPSA) is 116 Å². The fourth-order valence-corrected chi connectivity index (χ4v) is 0.936. The maximum absolute atomic E-state index is 9.55. The van der Waals surface area contributed by atoms with Crippen molar-refractivity contribution < 1.29 is 19.8 Å². The van der Waals surface area contributed by atoms with Crippen molar-refractivity contribution in [2.75, 3.05) is 0 Å². The normalized spacial score (nSPS) is 9.88. The van der Waals surface area contributed by atoms with Crippen LogP contribution in [0.25, 0.3) is 11.0 Å². The Bertz CT molecular complexity index is 501. The number of hydrogen-bond acceptors (Lipinski definition) is 4. The van der Waals surface area contributed by atoms with Crippen LogP contribution in [0.5, 0.6) is 0 Å². The Labute approximate surface area is 95.4 Å². The molecule has 7 nitrogen and oxygen atoms in total. The Morgan fingerprint density at radius 3 is 2.41 bits per heavy atom. The van der Waals surface area contributed by atoms with Gasteiger partial charge in [-0.15, -0.1) is 0 Å². The highest BCUT2D eigenvalue weighted by molar-refractivity contribution is 5.89. The predicted molar refractivity (Wildman–Crippen MR) is 58.3 cm³/mol. The summed E-state index contributed by atoms with van der Waals surface area (Å²) in [7, 11) is 0. The number of carboxylic acid groups (broad SMARTS) is 2. The summed E-state index contributed by atoms with van der Waals surface area (Å²) in [6.07, 6.45) is 6.27. The fourth-order valence-electron chi connectivity index (χ4n) is 0.936. The van der Waals surface area contributed by atoms with E-state index < -0.39 is 11.9 Å². The van der Waals surface area contributed by atoms with E-state index in [1.165, 1.54) is 6.33 Å². The molecule has 2 rings (SSSR count). The highest BCUT2D eigenvalue weighted by Gasteiger charge is 1.89. The SMILES string of the molecule is O=C(O)C=CC(=O)O.c1ncc2cc[nH]c2n1. The smallest absolute Gasteiger partial charge is 0.328 e. The number of nitrogens with one attached hydrogen (secondary N) is 1. The van der Waals surface area contributed by atoms with Gasteiger partial charge in [0.2, 0.25) is 0 Å². The van der Waals surface area contributed by atoms with Gasteiger partial charge in [0, 0.05) is 29.9 Å². The fraction of sp³-hybridized carbons (Fsp3) is 0. The van der Waals surface area contributed by atoms with Crippen LogP contribution in [0.2, 0.25) is 0 Å². The lowest BCUT2D eigenvalue weighted by Crippen LogP contribution is -1.91. The van der Waals surface area contributed by atoms with Gasteiger partial charge in [-0.2, -0.15) is 0 Å². The summed E-state index contributed by atoms with van der Waals surface area (Å²) in [6.45, 7) is 0. The van der Waals surface area contributed by atoms with Crippen LogP contribution >= 0.6 is 0 Å². The summed E-state index contributed by atoms with van der Waals surface area (Å²) in [6, 6.07) is 1.94. The van der Waals surface area contributed by atoms with Crippen molar-refractivity contribution in [1.82, 2.24) is 15.0 Å². The molecule has 0 amide bonds. The number of fused-ring (bicyclic) bond motifs is 1. The second-order valence-electron chi connectivity index (χ2n) is 2.81. The lowest BCUT2D eigenvalue weighted by atomic mass is 10.4. The van der Waals surface area contributed by atoms with Gasteiger partial charge in [0.1, 0.15) is 12.0 Å². The zero-order chi connectivity index (χ0) is 12.7. The Hall–Kier alpha value is -2.70. The van der Waals surface area contributed by atoms with Gasteiger partial charge in [0.15, 0.2) is 0 Å². The van der Waals surface area contributed by atoms with Crippen LogP contribution in [-0.2, 0) is 9.59 Å². The lowest BCUT2D eigenvalue weighted by Gasteiger charge is -1.81. The van der Waals surface area contributed by atoms with Crippen molar-refractivity contribution in [3.8, 4) is 0 Å². The molecule has 3 N–H and O–H groups in total. The van der Waals surface area contributed by atoms with Crippen molar-refractivity contribution in [3.63, 3.8) is 0 Å². The van der Waals surface area contributed by atoms with Crippen molar-refractivity contribution in [1.29, 1.82) is 0 Å². The molecule has 2 aromatic rings. The number of aromatic nitrogens is 3. The van der Waals surface area contributed by atoms with E-state index in [2.05, 4.69) is 15.0 Å². The van der Waals surface area contributed by atoms with Crippen LogP contribution < -0.4 is 0 Å². The van der Waals surface area contributed by atoms with Gasteiger partial charge in [-0.1, -0.05) is 0 Å². The average molecular weight is 235 g/mol. The molecule has 0 spiro atoms. The van der Waals surface area contributed by atoms with Crippen molar-refractivity contribution in [2.45, 2.75) is 0 Å². The predicted octanol–water partition coefficient (Wildman–Crippen LogP) is 0.670. The number of rotatable bonds is 2. The van der Waals surface area contributed by atoms with Gasteiger partial charge in [0.25, 0.3) is 0 Å². The summed E-state index contributed by atoms with van der Waals surface area (Å²) in [5.41, 5.74) is 0.894. The van der Waals surface area contributed by atoms with Crippen LogP contribution in [0.15, 0.2) is 36.9 Å². The molecule has 88 valence electrons. The van der Waals surface area contributed by atoms with Crippen molar-refractivity contribution in [2.24, 2.45) is 0 Å². The lowest BCUT2D eigenvalue weighted by molar-refractivity contribution is -0.134. The molecule has 0 atom stereocenters. The summed E-state index contributed by atoms with van der Waals surface area (Å²) in [5, 5.41) is 16.7. The van der Waals surface area contributed by atoms with E-state index >= 15 is 0 Å². The van der Waals surface area contributed by atoms with Crippen molar-refractivity contribution in [3.05, 3.63) is 36.9 Å². The third-order valence-corrected chi connectivity index (χ3v) is 1.59. The second-order valence-corrected chi connectivity index (χ2v) is 2.81. The first-order valence-corrected chi connectivity index (χ1v) is 4.46. The molecule has 2 aromatic heterocycles. The molecule has 0 aliphatic carbocycles. The zero-order valence-corrected chi connectivity index (χ0v) is 8.57. The highest BCUT2D eigenvalue weighted by atomic mass is 16.4. The molecule has 0 aromatic carbocycles. The molecule has 0 bridgehead atoms. The molecule has 7 heteroatoms. The molecule has 0 aliphatic heterocycles. The molecule has 0 saturated carbocycles. The molecule has 17 heavy (non-hydrogen) atoms. The standard InChI is InChI=1S/C6H5N3.C4H4O4/c1-2-8-6-5(1)3-7-4-9-6;5-3(6)1-2-4(7)8/h1-4H,(H,7,8,9);1-2H,(H,5,6)(H,7,8). The molecular formula is C10H9N3O4. The van der Waals surface area contributed by atoms with E-state index in [9.17, 15) is 9.59 Å². The Balaban J connectivity index is 0.000000172. The van der Waals surface area contributed by atoms with Crippen LogP contribution in [-0.4, -0.2) is 37.1 Å². The van der Waals surface area contributed by atoms with Gasteiger partial charge in [-0.05, 0) is 6.07 Å². The number of aliphatic carboxylic acids is 2. The molecule has 2 heterocycles. The number of H-pyrrole nitrogens is 1. The number of hydrogen-bond donors (Lipinski definition) is 3. The third kappa shape index (κ3) is 4.56. The maximum Gasteiger partial charge on any atom is 0.328 e. The zero-order valence-electron chi connectivity index (χ0n) is 8.57. The molecule has 0 radical (unpaired) electrons. The number of carbonyl (C=O) groups is 2. The Kier molecular flexibility index (Phi) is 4.37. The van der Waals surface area contributed by atoms with E-state index in [0.717, 1.165) is 11.0 Å². The van der Waals surface area contributed by atoms with Crippen LogP contribution in [0.1, 0.15) is 0 Å². The molecular weight excluding hydrogens is 226 g/mol. The average Bonchev–Trinajstić information content (AvgIpc) is 2.75. The van der Waals surface area contributed by atoms with Gasteiger partial charge in [0.05, 0.1) is 0 Å². The largest absolute Gasteiger partial charge is 0.478 e.